The number of ether oxygens (including phenoxy) is 2. The number of aromatic nitrogens is 6. The van der Waals surface area contributed by atoms with E-state index in [0.29, 0.717) is 29.2 Å². The van der Waals surface area contributed by atoms with Gasteiger partial charge in [0.1, 0.15) is 24.5 Å². The predicted octanol–water partition coefficient (Wildman–Crippen LogP) is 2.23. The van der Waals surface area contributed by atoms with Crippen molar-refractivity contribution < 1.29 is 32.5 Å². The molecule has 0 unspecified atom stereocenters. The van der Waals surface area contributed by atoms with E-state index in [4.69, 9.17) is 9.47 Å². The van der Waals surface area contributed by atoms with Gasteiger partial charge in [0, 0.05) is 24.4 Å². The molecule has 4 aromatic rings. The summed E-state index contributed by atoms with van der Waals surface area (Å²) < 4.78 is 50.0. The molecule has 1 fully saturated rings. The van der Waals surface area contributed by atoms with Crippen molar-refractivity contribution in [1.82, 2.24) is 34.8 Å². The van der Waals surface area contributed by atoms with Gasteiger partial charge in [-0.15, -0.1) is 0 Å². The number of amides is 1. The van der Waals surface area contributed by atoms with Gasteiger partial charge >= 0.3 is 6.18 Å². The molecule has 5 heterocycles. The summed E-state index contributed by atoms with van der Waals surface area (Å²) in [6, 6.07) is 7.18. The van der Waals surface area contributed by atoms with Crippen LogP contribution in [0.25, 0.3) is 22.6 Å². The van der Waals surface area contributed by atoms with Gasteiger partial charge in [0.15, 0.2) is 29.0 Å². The average Bonchev–Trinajstić information content (AvgIpc) is 3.53. The third-order valence-electron chi connectivity index (χ3n) is 5.91. The Hall–Kier alpha value is -4.37. The number of imidazole rings is 1. The fraction of sp³-hybridized carbons (Fsp3) is 0.333. The van der Waals surface area contributed by atoms with Crippen LogP contribution in [0.15, 0.2) is 49.2 Å². The van der Waals surface area contributed by atoms with Gasteiger partial charge < -0.3 is 25.2 Å². The predicted molar refractivity (Wildman–Crippen MR) is 130 cm³/mol. The van der Waals surface area contributed by atoms with Gasteiger partial charge in [0.2, 0.25) is 5.91 Å². The molecule has 204 valence electrons. The van der Waals surface area contributed by atoms with Crippen molar-refractivity contribution in [2.45, 2.75) is 37.6 Å². The number of alkyl halides is 3. The molecule has 39 heavy (non-hydrogen) atoms. The Balaban J connectivity index is 1.49. The summed E-state index contributed by atoms with van der Waals surface area (Å²) in [6.07, 6.45) is -2.33. The highest BCUT2D eigenvalue weighted by molar-refractivity contribution is 5.85. The molecule has 0 aliphatic carbocycles. The molecule has 1 aliphatic heterocycles. The number of rotatable bonds is 8. The molecule has 12 nitrogen and oxygen atoms in total. The van der Waals surface area contributed by atoms with Crippen LogP contribution in [0.3, 0.4) is 0 Å². The van der Waals surface area contributed by atoms with Gasteiger partial charge in [-0.05, 0) is 18.2 Å². The summed E-state index contributed by atoms with van der Waals surface area (Å²) in [6.45, 7) is -1.18. The first-order valence-electron chi connectivity index (χ1n) is 11.8. The van der Waals surface area contributed by atoms with E-state index in [2.05, 4.69) is 30.2 Å². The Bertz CT molecular complexity index is 1470. The zero-order valence-corrected chi connectivity index (χ0v) is 20.5. The lowest BCUT2D eigenvalue weighted by Crippen LogP contribution is -2.40. The van der Waals surface area contributed by atoms with Gasteiger partial charge in [0.25, 0.3) is 0 Å². The lowest BCUT2D eigenvalue weighted by atomic mass is 10.2. The van der Waals surface area contributed by atoms with E-state index >= 15 is 0 Å². The number of aliphatic hydroxyl groups is 1. The zero-order chi connectivity index (χ0) is 27.6. The molecule has 1 saturated heterocycles. The van der Waals surface area contributed by atoms with E-state index in [-0.39, 0.29) is 17.9 Å². The summed E-state index contributed by atoms with van der Waals surface area (Å²) in [4.78, 5) is 34.3. The van der Waals surface area contributed by atoms with E-state index in [0.717, 1.165) is 5.69 Å². The van der Waals surface area contributed by atoms with Crippen molar-refractivity contribution in [2.24, 2.45) is 0 Å². The minimum absolute atomic E-state index is 0.212. The number of nitrogens with zero attached hydrogens (tertiary/aromatic N) is 6. The molecule has 1 amide bonds. The zero-order valence-electron chi connectivity index (χ0n) is 20.5. The lowest BCUT2D eigenvalue weighted by molar-refractivity contribution is -0.146. The summed E-state index contributed by atoms with van der Waals surface area (Å²) in [5, 5.41) is 15.7. The maximum absolute atomic E-state index is 12.5. The van der Waals surface area contributed by atoms with Crippen LogP contribution in [0.2, 0.25) is 0 Å². The van der Waals surface area contributed by atoms with Crippen LogP contribution >= 0.6 is 0 Å². The molecule has 1 aliphatic rings. The Morgan fingerprint density at radius 1 is 1.26 bits per heavy atom. The number of carbonyl (C=O) groups is 1. The molecule has 5 rings (SSSR count). The number of nitrogens with one attached hydrogen (secondary N) is 2. The average molecular weight is 544 g/mol. The van der Waals surface area contributed by atoms with Crippen LogP contribution < -0.4 is 15.4 Å². The number of pyridine rings is 2. The van der Waals surface area contributed by atoms with Crippen LogP contribution in [0.1, 0.15) is 18.3 Å². The second kappa shape index (κ2) is 10.8. The van der Waals surface area contributed by atoms with Crippen molar-refractivity contribution in [3.63, 3.8) is 0 Å². The van der Waals surface area contributed by atoms with Crippen LogP contribution in [-0.4, -0.2) is 72.5 Å². The first kappa shape index (κ1) is 26.2. The number of hydrogen-bond donors (Lipinski definition) is 3. The fourth-order valence-electron chi connectivity index (χ4n) is 4.06. The van der Waals surface area contributed by atoms with Crippen molar-refractivity contribution in [1.29, 1.82) is 0 Å². The first-order chi connectivity index (χ1) is 18.7. The van der Waals surface area contributed by atoms with Crippen LogP contribution in [0.5, 0.6) is 5.75 Å². The second-order valence-corrected chi connectivity index (χ2v) is 8.66. The standard InChI is InChI=1S/C24H23F3N8O4/c1-38-15-6-13(8-28-10-15)19-33-20(30-9-14-4-2-3-5-29-14)18-21(34-19)35(12-32-18)23-16(36)7-17(39-23)22(37)31-11-24(25,26)27/h2-6,8,10,12,16-17,23,36H,7,9,11H2,1H3,(H,31,37)(H,30,33,34)/t16-,17+,23-/m1/s1. The smallest absolute Gasteiger partial charge is 0.405 e. The molecule has 0 bridgehead atoms. The molecule has 0 aromatic carbocycles. The van der Waals surface area contributed by atoms with Crippen LogP contribution in [0.4, 0.5) is 19.0 Å². The molecule has 4 aromatic heterocycles. The van der Waals surface area contributed by atoms with Gasteiger partial charge in [-0.25, -0.2) is 15.0 Å². The van der Waals surface area contributed by atoms with E-state index in [1.54, 1.807) is 29.8 Å². The number of anilines is 1. The molecular formula is C24H23F3N8O4. The number of halogens is 3. The topological polar surface area (TPSA) is 149 Å². The molecule has 3 N–H and O–H groups in total. The fourth-order valence-corrected chi connectivity index (χ4v) is 4.06. The van der Waals surface area contributed by atoms with E-state index in [9.17, 15) is 23.1 Å². The van der Waals surface area contributed by atoms with Gasteiger partial charge in [-0.3, -0.25) is 19.3 Å². The highest BCUT2D eigenvalue weighted by Crippen LogP contribution is 2.33. The van der Waals surface area contributed by atoms with Crippen molar-refractivity contribution >= 4 is 22.9 Å². The first-order valence-corrected chi connectivity index (χ1v) is 11.8. The van der Waals surface area contributed by atoms with Crippen molar-refractivity contribution in [3.8, 4) is 17.1 Å². The lowest BCUT2D eigenvalue weighted by Gasteiger charge is -2.17. The van der Waals surface area contributed by atoms with E-state index in [1.807, 2.05) is 12.1 Å². The van der Waals surface area contributed by atoms with E-state index in [1.165, 1.54) is 24.2 Å². The van der Waals surface area contributed by atoms with Gasteiger partial charge in [-0.1, -0.05) is 6.07 Å². The number of hydrogen-bond acceptors (Lipinski definition) is 10. The molecule has 0 radical (unpaired) electrons. The molecule has 0 saturated carbocycles. The normalized spacial score (nSPS) is 19.3. The third-order valence-corrected chi connectivity index (χ3v) is 5.91. The molecule has 3 atom stereocenters. The Labute approximate surface area is 219 Å². The minimum Gasteiger partial charge on any atom is -0.495 e. The summed E-state index contributed by atoms with van der Waals surface area (Å²) >= 11 is 0. The number of methoxy groups -OCH3 is 1. The highest BCUT2D eigenvalue weighted by atomic mass is 19.4. The minimum atomic E-state index is -4.58. The maximum atomic E-state index is 12.5. The van der Waals surface area contributed by atoms with Crippen molar-refractivity contribution in [2.75, 3.05) is 19.0 Å². The van der Waals surface area contributed by atoms with Crippen LogP contribution in [0, 0.1) is 0 Å². The van der Waals surface area contributed by atoms with Crippen molar-refractivity contribution in [3.05, 3.63) is 54.9 Å². The number of aliphatic hydroxyl groups excluding tert-OH is 1. The molecule has 15 heteroatoms. The molecule has 0 spiro atoms. The van der Waals surface area contributed by atoms with Crippen LogP contribution in [-0.2, 0) is 16.1 Å². The molecular weight excluding hydrogens is 521 g/mol. The Kier molecular flexibility index (Phi) is 7.26. The quantitative estimate of drug-likeness (QED) is 0.301. The van der Waals surface area contributed by atoms with E-state index < -0.39 is 37.1 Å². The van der Waals surface area contributed by atoms with Gasteiger partial charge in [0.05, 0.1) is 31.9 Å². The second-order valence-electron chi connectivity index (χ2n) is 8.66. The Morgan fingerprint density at radius 2 is 2.10 bits per heavy atom. The third kappa shape index (κ3) is 5.88. The highest BCUT2D eigenvalue weighted by Gasteiger charge is 2.41. The summed E-state index contributed by atoms with van der Waals surface area (Å²) in [5.41, 5.74) is 1.87. The number of carbonyl (C=O) groups excluding carboxylic acids is 1. The van der Waals surface area contributed by atoms with Gasteiger partial charge in [-0.2, -0.15) is 13.2 Å². The number of fused-ring (bicyclic) bond motifs is 1. The maximum Gasteiger partial charge on any atom is 0.405 e. The SMILES string of the molecule is COc1cncc(-c2nc(NCc3ccccn3)c3ncn([C@@H]4O[C@H](C(=O)NCC(F)(F)F)C[C@H]4O)c3n2)c1. The monoisotopic (exact) mass is 544 g/mol. The summed E-state index contributed by atoms with van der Waals surface area (Å²) in [5.74, 6) is 0.115. The largest absolute Gasteiger partial charge is 0.495 e. The Morgan fingerprint density at radius 3 is 2.85 bits per heavy atom. The summed E-state index contributed by atoms with van der Waals surface area (Å²) in [7, 11) is 1.50.